The lowest BCUT2D eigenvalue weighted by atomic mass is 9.74. The molecule has 0 amide bonds. The van der Waals surface area contributed by atoms with E-state index in [1.54, 1.807) is 0 Å². The second kappa shape index (κ2) is 22.9. The van der Waals surface area contributed by atoms with Crippen molar-refractivity contribution in [2.75, 3.05) is 13.2 Å². The predicted molar refractivity (Wildman–Crippen MR) is 158 cm³/mol. The highest BCUT2D eigenvalue weighted by atomic mass is 16.5. The highest BCUT2D eigenvalue weighted by molar-refractivity contribution is 5.73. The Labute approximate surface area is 231 Å². The lowest BCUT2D eigenvalue weighted by molar-refractivity contribution is -0.153. The van der Waals surface area contributed by atoms with Crippen LogP contribution in [0, 0.1) is 35.5 Å². The largest absolute Gasteiger partial charge is 0.466 e. The van der Waals surface area contributed by atoms with Crippen LogP contribution < -0.4 is 0 Å². The van der Waals surface area contributed by atoms with E-state index in [2.05, 4.69) is 55.4 Å². The number of esters is 2. The molecular weight excluding hydrogens is 460 g/mol. The lowest BCUT2D eigenvalue weighted by Crippen LogP contribution is -2.33. The van der Waals surface area contributed by atoms with Crippen molar-refractivity contribution >= 4 is 11.9 Å². The molecular formula is C33H64O4. The molecule has 0 aromatic heterocycles. The van der Waals surface area contributed by atoms with Crippen molar-refractivity contribution in [3.8, 4) is 0 Å². The Morgan fingerprint density at radius 2 is 0.973 bits per heavy atom. The van der Waals surface area contributed by atoms with Crippen molar-refractivity contribution in [1.82, 2.24) is 0 Å². The van der Waals surface area contributed by atoms with Crippen LogP contribution in [-0.2, 0) is 19.1 Å². The van der Waals surface area contributed by atoms with Crippen molar-refractivity contribution in [3.05, 3.63) is 0 Å². The first-order chi connectivity index (χ1) is 17.6. The van der Waals surface area contributed by atoms with Gasteiger partial charge in [-0.1, -0.05) is 107 Å². The van der Waals surface area contributed by atoms with Crippen LogP contribution in [0.2, 0.25) is 0 Å². The molecule has 0 spiro atoms. The van der Waals surface area contributed by atoms with Crippen LogP contribution in [-0.4, -0.2) is 25.2 Å². The second-order valence-corrected chi connectivity index (χ2v) is 12.9. The minimum absolute atomic E-state index is 0.0105. The van der Waals surface area contributed by atoms with Gasteiger partial charge in [-0.15, -0.1) is 0 Å². The average Bonchev–Trinajstić information content (AvgIpc) is 2.81. The first kappa shape index (κ1) is 35.9. The van der Waals surface area contributed by atoms with Gasteiger partial charge in [0.15, 0.2) is 0 Å². The van der Waals surface area contributed by atoms with Gasteiger partial charge in [-0.3, -0.25) is 9.59 Å². The molecule has 2 unspecified atom stereocenters. The molecule has 220 valence electrons. The van der Waals surface area contributed by atoms with E-state index in [1.807, 2.05) is 0 Å². The van der Waals surface area contributed by atoms with Gasteiger partial charge in [0.2, 0.25) is 0 Å². The van der Waals surface area contributed by atoms with Gasteiger partial charge in [0, 0.05) is 6.42 Å². The maximum atomic E-state index is 12.9. The van der Waals surface area contributed by atoms with E-state index in [9.17, 15) is 9.59 Å². The Hall–Kier alpha value is -1.06. The molecule has 37 heavy (non-hydrogen) atoms. The minimum Gasteiger partial charge on any atom is -0.466 e. The van der Waals surface area contributed by atoms with Gasteiger partial charge in [-0.05, 0) is 68.1 Å². The Morgan fingerprint density at radius 1 is 0.514 bits per heavy atom. The number of ether oxygens (including phenoxy) is 2. The lowest BCUT2D eigenvalue weighted by Gasteiger charge is -2.31. The van der Waals surface area contributed by atoms with Crippen LogP contribution in [0.5, 0.6) is 0 Å². The third-order valence-electron chi connectivity index (χ3n) is 7.59. The molecule has 0 N–H and O–H groups in total. The SMILES string of the molecule is CC(C)CCCOC(=O)CCCCCCCCCCCC(C(C)C)C(C(=O)OCCCC(C)C)C(C)C. The molecule has 0 aliphatic rings. The normalized spacial score (nSPS) is 13.5. The van der Waals surface area contributed by atoms with Gasteiger partial charge in [-0.2, -0.15) is 0 Å². The zero-order valence-electron chi connectivity index (χ0n) is 26.1. The Kier molecular flexibility index (Phi) is 22.2. The summed E-state index contributed by atoms with van der Waals surface area (Å²) in [5.41, 5.74) is 0. The Bertz CT molecular complexity index is 553. The third kappa shape index (κ3) is 20.6. The molecule has 4 nitrogen and oxygen atoms in total. The molecule has 0 aliphatic carbocycles. The van der Waals surface area contributed by atoms with E-state index in [1.165, 1.54) is 44.9 Å². The van der Waals surface area contributed by atoms with Crippen LogP contribution in [0.1, 0.15) is 152 Å². The molecule has 0 aromatic carbocycles. The van der Waals surface area contributed by atoms with E-state index in [0.29, 0.717) is 49.2 Å². The van der Waals surface area contributed by atoms with Crippen molar-refractivity contribution < 1.29 is 19.1 Å². The van der Waals surface area contributed by atoms with Crippen LogP contribution in [0.4, 0.5) is 0 Å². The van der Waals surface area contributed by atoms with Crippen LogP contribution >= 0.6 is 0 Å². The van der Waals surface area contributed by atoms with Gasteiger partial charge in [0.25, 0.3) is 0 Å². The highest BCUT2D eigenvalue weighted by Gasteiger charge is 2.33. The summed E-state index contributed by atoms with van der Waals surface area (Å²) in [6, 6.07) is 0. The predicted octanol–water partition coefficient (Wildman–Crippen LogP) is 9.78. The van der Waals surface area contributed by atoms with Crippen molar-refractivity contribution in [2.24, 2.45) is 35.5 Å². The summed E-state index contributed by atoms with van der Waals surface area (Å²) in [7, 11) is 0. The number of carbonyl (C=O) groups excluding carboxylic acids is 2. The van der Waals surface area contributed by atoms with E-state index in [-0.39, 0.29) is 17.9 Å². The summed E-state index contributed by atoms with van der Waals surface area (Å²) in [5, 5.41) is 0. The minimum atomic E-state index is -0.0254. The van der Waals surface area contributed by atoms with Gasteiger partial charge >= 0.3 is 11.9 Å². The summed E-state index contributed by atoms with van der Waals surface area (Å²) in [6.45, 7) is 18.8. The molecule has 2 atom stereocenters. The molecule has 0 aliphatic heterocycles. The quantitative estimate of drug-likeness (QED) is 0.0931. The van der Waals surface area contributed by atoms with Gasteiger partial charge in [0.1, 0.15) is 0 Å². The molecule has 4 heteroatoms. The molecule has 0 bridgehead atoms. The summed E-state index contributed by atoms with van der Waals surface area (Å²) in [6.07, 6.45) is 16.7. The van der Waals surface area contributed by atoms with E-state index < -0.39 is 0 Å². The number of hydrogen-bond acceptors (Lipinski definition) is 4. The van der Waals surface area contributed by atoms with Gasteiger partial charge < -0.3 is 9.47 Å². The topological polar surface area (TPSA) is 52.6 Å². The van der Waals surface area contributed by atoms with E-state index in [4.69, 9.17) is 9.47 Å². The number of rotatable bonds is 24. The zero-order chi connectivity index (χ0) is 28.1. The molecule has 0 aromatic rings. The fourth-order valence-electron chi connectivity index (χ4n) is 5.27. The van der Waals surface area contributed by atoms with Crippen molar-refractivity contribution in [3.63, 3.8) is 0 Å². The molecule has 0 saturated heterocycles. The summed E-state index contributed by atoms with van der Waals surface area (Å²) in [4.78, 5) is 24.7. The summed E-state index contributed by atoms with van der Waals surface area (Å²) in [5.74, 6) is 2.55. The van der Waals surface area contributed by atoms with Crippen LogP contribution in [0.25, 0.3) is 0 Å². The monoisotopic (exact) mass is 524 g/mol. The van der Waals surface area contributed by atoms with Crippen LogP contribution in [0.15, 0.2) is 0 Å². The zero-order valence-corrected chi connectivity index (χ0v) is 26.1. The average molecular weight is 525 g/mol. The number of unbranched alkanes of at least 4 members (excludes halogenated alkanes) is 8. The number of hydrogen-bond donors (Lipinski definition) is 0. The third-order valence-corrected chi connectivity index (χ3v) is 7.59. The second-order valence-electron chi connectivity index (χ2n) is 12.9. The van der Waals surface area contributed by atoms with Crippen molar-refractivity contribution in [1.29, 1.82) is 0 Å². The highest BCUT2D eigenvalue weighted by Crippen LogP contribution is 2.33. The molecule has 0 rings (SSSR count). The van der Waals surface area contributed by atoms with Crippen LogP contribution in [0.3, 0.4) is 0 Å². The standard InChI is InChI=1S/C33H64O4/c1-26(2)20-18-24-36-31(34)23-17-15-13-11-9-10-12-14-16-22-30(28(5)6)32(29(7)8)33(35)37-25-19-21-27(3)4/h26-30,32H,9-25H2,1-8H3. The molecule has 0 heterocycles. The van der Waals surface area contributed by atoms with Crippen molar-refractivity contribution in [2.45, 2.75) is 152 Å². The summed E-state index contributed by atoms with van der Waals surface area (Å²) < 4.78 is 11.0. The summed E-state index contributed by atoms with van der Waals surface area (Å²) >= 11 is 0. The number of carbonyl (C=O) groups is 2. The maximum Gasteiger partial charge on any atom is 0.309 e. The van der Waals surface area contributed by atoms with Gasteiger partial charge in [0.05, 0.1) is 19.1 Å². The molecule has 0 radical (unpaired) electrons. The van der Waals surface area contributed by atoms with E-state index in [0.717, 1.165) is 44.9 Å². The fourth-order valence-corrected chi connectivity index (χ4v) is 5.27. The first-order valence-corrected chi connectivity index (χ1v) is 15.9. The molecule has 0 fully saturated rings. The Morgan fingerprint density at radius 3 is 1.43 bits per heavy atom. The van der Waals surface area contributed by atoms with E-state index >= 15 is 0 Å². The molecule has 0 saturated carbocycles. The fraction of sp³-hybridized carbons (Fsp3) is 0.939. The Balaban J connectivity index is 3.98. The maximum absolute atomic E-state index is 12.9. The smallest absolute Gasteiger partial charge is 0.309 e. The first-order valence-electron chi connectivity index (χ1n) is 15.9. The van der Waals surface area contributed by atoms with Gasteiger partial charge in [-0.25, -0.2) is 0 Å².